The number of aldehydes is 1. The molecule has 4 nitrogen and oxygen atoms in total. The minimum Gasteiger partial charge on any atom is -0.365 e. The Balaban J connectivity index is 1.52. The molecule has 1 saturated heterocycles. The predicted molar refractivity (Wildman–Crippen MR) is 119 cm³/mol. The third kappa shape index (κ3) is 3.22. The van der Waals surface area contributed by atoms with Crippen molar-refractivity contribution < 1.29 is 4.79 Å². The SMILES string of the molecule is O=C[C@@]1(N2CCN(C3CC3)c3ccccc32)CCCN1Cc1c(Cl)cccc1Cl. The molecule has 2 aliphatic heterocycles. The average Bonchev–Trinajstić information content (AvgIpc) is 3.50. The number of hydrogen-bond acceptors (Lipinski definition) is 4. The minimum atomic E-state index is -0.658. The van der Waals surface area contributed by atoms with Gasteiger partial charge in [-0.3, -0.25) is 9.69 Å². The molecule has 0 spiro atoms. The largest absolute Gasteiger partial charge is 0.365 e. The van der Waals surface area contributed by atoms with Gasteiger partial charge >= 0.3 is 0 Å². The highest BCUT2D eigenvalue weighted by molar-refractivity contribution is 6.35. The molecule has 6 heteroatoms. The second kappa shape index (κ2) is 7.50. The van der Waals surface area contributed by atoms with Crippen molar-refractivity contribution in [2.24, 2.45) is 0 Å². The van der Waals surface area contributed by atoms with Crippen molar-refractivity contribution in [3.63, 3.8) is 0 Å². The molecule has 2 aromatic rings. The number of rotatable bonds is 5. The van der Waals surface area contributed by atoms with Crippen LogP contribution in [-0.4, -0.2) is 42.5 Å². The third-order valence-corrected chi connectivity index (χ3v) is 7.33. The molecule has 152 valence electrons. The van der Waals surface area contributed by atoms with Gasteiger partial charge in [-0.2, -0.15) is 0 Å². The summed E-state index contributed by atoms with van der Waals surface area (Å²) < 4.78 is 0. The lowest BCUT2D eigenvalue weighted by Gasteiger charge is -2.49. The number of hydrogen-bond donors (Lipinski definition) is 0. The van der Waals surface area contributed by atoms with Crippen molar-refractivity contribution in [3.05, 3.63) is 58.1 Å². The number of para-hydroxylation sites is 2. The number of likely N-dealkylation sites (tertiary alicyclic amines) is 1. The molecule has 0 aromatic heterocycles. The number of carbonyl (C=O) groups is 1. The number of benzene rings is 2. The summed E-state index contributed by atoms with van der Waals surface area (Å²) in [4.78, 5) is 19.8. The maximum Gasteiger partial charge on any atom is 0.160 e. The van der Waals surface area contributed by atoms with E-state index in [1.54, 1.807) is 0 Å². The normalized spacial score (nSPS) is 24.6. The number of carbonyl (C=O) groups excluding carboxylic acids is 1. The van der Waals surface area contributed by atoms with Gasteiger partial charge in [0.2, 0.25) is 0 Å². The van der Waals surface area contributed by atoms with E-state index in [0.29, 0.717) is 22.6 Å². The molecule has 3 aliphatic rings. The molecule has 0 radical (unpaired) electrons. The highest BCUT2D eigenvalue weighted by Gasteiger charge is 2.48. The predicted octanol–water partition coefficient (Wildman–Crippen LogP) is 4.97. The van der Waals surface area contributed by atoms with Crippen molar-refractivity contribution in [2.45, 2.75) is 43.9 Å². The van der Waals surface area contributed by atoms with Crippen LogP contribution in [0.4, 0.5) is 11.4 Å². The summed E-state index contributed by atoms with van der Waals surface area (Å²) in [5, 5.41) is 1.31. The van der Waals surface area contributed by atoms with Crippen molar-refractivity contribution in [3.8, 4) is 0 Å². The van der Waals surface area contributed by atoms with Crippen molar-refractivity contribution in [2.75, 3.05) is 29.4 Å². The van der Waals surface area contributed by atoms with Gasteiger partial charge in [0.15, 0.2) is 11.9 Å². The first-order valence-electron chi connectivity index (χ1n) is 10.4. The first-order valence-corrected chi connectivity index (χ1v) is 11.2. The zero-order chi connectivity index (χ0) is 20.0. The molecular formula is C23H25Cl2N3O. The van der Waals surface area contributed by atoms with Crippen LogP contribution in [0.2, 0.25) is 10.0 Å². The first-order chi connectivity index (χ1) is 14.1. The molecule has 1 saturated carbocycles. The highest BCUT2D eigenvalue weighted by Crippen LogP contribution is 2.45. The fourth-order valence-corrected chi connectivity index (χ4v) is 5.54. The fourth-order valence-electron chi connectivity index (χ4n) is 5.03. The van der Waals surface area contributed by atoms with Gasteiger partial charge in [0.1, 0.15) is 0 Å². The van der Waals surface area contributed by atoms with Gasteiger partial charge in [0, 0.05) is 47.8 Å². The number of halogens is 2. The molecule has 0 unspecified atom stereocenters. The highest BCUT2D eigenvalue weighted by atomic mass is 35.5. The molecule has 1 aliphatic carbocycles. The minimum absolute atomic E-state index is 0.572. The van der Waals surface area contributed by atoms with Crippen LogP contribution in [0.5, 0.6) is 0 Å². The first kappa shape index (κ1) is 19.2. The Morgan fingerprint density at radius 1 is 0.966 bits per heavy atom. The molecule has 0 bridgehead atoms. The Hall–Kier alpha value is -1.75. The fraction of sp³-hybridized carbons (Fsp3) is 0.435. The van der Waals surface area contributed by atoms with Crippen LogP contribution in [0.1, 0.15) is 31.2 Å². The summed E-state index contributed by atoms with van der Waals surface area (Å²) in [5.74, 6) is 0. The molecule has 0 amide bonds. The molecule has 2 aromatic carbocycles. The lowest BCUT2D eigenvalue weighted by molar-refractivity contribution is -0.117. The van der Waals surface area contributed by atoms with E-state index in [1.807, 2.05) is 18.2 Å². The Kier molecular flexibility index (Phi) is 4.97. The molecule has 2 heterocycles. The van der Waals surface area contributed by atoms with Crippen molar-refractivity contribution >= 4 is 40.9 Å². The molecule has 29 heavy (non-hydrogen) atoms. The van der Waals surface area contributed by atoms with E-state index in [0.717, 1.165) is 50.0 Å². The maximum absolute atomic E-state index is 12.7. The standard InChI is InChI=1S/C23H25Cl2N3O/c24-19-5-3-6-20(25)18(19)15-26-12-4-11-23(26,16-29)28-14-13-27(17-9-10-17)21-7-1-2-8-22(21)28/h1-3,5-8,16-17H,4,9-15H2/t23-/m0/s1. The molecule has 2 fully saturated rings. The zero-order valence-corrected chi connectivity index (χ0v) is 17.9. The van der Waals surface area contributed by atoms with Gasteiger partial charge in [-0.1, -0.05) is 41.4 Å². The monoisotopic (exact) mass is 429 g/mol. The lowest BCUT2D eigenvalue weighted by atomic mass is 10.0. The Morgan fingerprint density at radius 2 is 1.69 bits per heavy atom. The quantitative estimate of drug-likeness (QED) is 0.626. The second-order valence-corrected chi connectivity index (χ2v) is 9.10. The van der Waals surface area contributed by atoms with Gasteiger partial charge in [0.25, 0.3) is 0 Å². The summed E-state index contributed by atoms with van der Waals surface area (Å²) in [6.45, 7) is 3.23. The third-order valence-electron chi connectivity index (χ3n) is 6.62. The van der Waals surface area contributed by atoms with Crippen LogP contribution >= 0.6 is 23.2 Å². The van der Waals surface area contributed by atoms with E-state index in [-0.39, 0.29) is 0 Å². The van der Waals surface area contributed by atoms with Crippen LogP contribution in [0.3, 0.4) is 0 Å². The second-order valence-electron chi connectivity index (χ2n) is 8.29. The van der Waals surface area contributed by atoms with Gasteiger partial charge in [0.05, 0.1) is 11.4 Å². The summed E-state index contributed by atoms with van der Waals surface area (Å²) in [6, 6.07) is 14.8. The van der Waals surface area contributed by atoms with Crippen LogP contribution in [0.15, 0.2) is 42.5 Å². The van der Waals surface area contributed by atoms with Gasteiger partial charge in [-0.25, -0.2) is 0 Å². The Morgan fingerprint density at radius 3 is 2.38 bits per heavy atom. The topological polar surface area (TPSA) is 26.8 Å². The zero-order valence-electron chi connectivity index (χ0n) is 16.4. The van der Waals surface area contributed by atoms with E-state index < -0.39 is 5.66 Å². The smallest absolute Gasteiger partial charge is 0.160 e. The summed E-state index contributed by atoms with van der Waals surface area (Å²) in [5.41, 5.74) is 2.66. The summed E-state index contributed by atoms with van der Waals surface area (Å²) >= 11 is 12.9. The van der Waals surface area contributed by atoms with E-state index in [2.05, 4.69) is 39.0 Å². The van der Waals surface area contributed by atoms with Crippen LogP contribution in [0.25, 0.3) is 0 Å². The summed E-state index contributed by atoms with van der Waals surface area (Å²) in [6.07, 6.45) is 5.48. The van der Waals surface area contributed by atoms with Crippen molar-refractivity contribution in [1.29, 1.82) is 0 Å². The molecular weight excluding hydrogens is 405 g/mol. The van der Waals surface area contributed by atoms with E-state index >= 15 is 0 Å². The number of anilines is 2. The number of nitrogens with zero attached hydrogens (tertiary/aromatic N) is 3. The van der Waals surface area contributed by atoms with E-state index in [4.69, 9.17) is 23.2 Å². The molecule has 0 N–H and O–H groups in total. The molecule has 1 atom stereocenters. The van der Waals surface area contributed by atoms with Crippen molar-refractivity contribution in [1.82, 2.24) is 4.90 Å². The maximum atomic E-state index is 12.7. The lowest BCUT2D eigenvalue weighted by Crippen LogP contribution is -2.62. The van der Waals surface area contributed by atoms with Crippen LogP contribution in [-0.2, 0) is 11.3 Å². The summed E-state index contributed by atoms with van der Waals surface area (Å²) in [7, 11) is 0. The number of fused-ring (bicyclic) bond motifs is 1. The van der Waals surface area contributed by atoms with Gasteiger partial charge in [-0.05, 0) is 49.9 Å². The Labute approximate surface area is 182 Å². The Bertz CT molecular complexity index is 912. The van der Waals surface area contributed by atoms with E-state index in [1.165, 1.54) is 18.5 Å². The van der Waals surface area contributed by atoms with Crippen LogP contribution < -0.4 is 9.80 Å². The van der Waals surface area contributed by atoms with Crippen LogP contribution in [0, 0.1) is 0 Å². The molecule has 5 rings (SSSR count). The van der Waals surface area contributed by atoms with Gasteiger partial charge < -0.3 is 9.80 Å². The van der Waals surface area contributed by atoms with E-state index in [9.17, 15) is 4.79 Å². The van der Waals surface area contributed by atoms with Gasteiger partial charge in [-0.15, -0.1) is 0 Å². The average molecular weight is 430 g/mol.